The van der Waals surface area contributed by atoms with Crippen LogP contribution in [0.4, 0.5) is 0 Å². The average Bonchev–Trinajstić information content (AvgIpc) is 2.83. The predicted molar refractivity (Wildman–Crippen MR) is 73.4 cm³/mol. The lowest BCUT2D eigenvalue weighted by Gasteiger charge is -2.04. The zero-order chi connectivity index (χ0) is 12.8. The van der Waals surface area contributed by atoms with Gasteiger partial charge in [0, 0.05) is 17.2 Å². The summed E-state index contributed by atoms with van der Waals surface area (Å²) in [5, 5.41) is 8.42. The maximum Gasteiger partial charge on any atom is 0.208 e. The summed E-state index contributed by atoms with van der Waals surface area (Å²) >= 11 is 7.43. The van der Waals surface area contributed by atoms with Crippen molar-refractivity contribution in [3.63, 3.8) is 0 Å². The number of aromatic amines is 1. The molecule has 1 N–H and O–H groups in total. The highest BCUT2D eigenvalue weighted by Crippen LogP contribution is 2.18. The Bertz CT molecular complexity index is 504. The van der Waals surface area contributed by atoms with E-state index in [1.807, 2.05) is 25.1 Å². The number of thioether (sulfide) groups is 1. The molecule has 1 aromatic carbocycles. The van der Waals surface area contributed by atoms with Gasteiger partial charge in [-0.05, 0) is 18.2 Å². The van der Waals surface area contributed by atoms with Crippen molar-refractivity contribution in [1.29, 1.82) is 0 Å². The first-order valence-electron chi connectivity index (χ1n) is 5.70. The van der Waals surface area contributed by atoms with Gasteiger partial charge in [-0.15, -0.1) is 5.10 Å². The van der Waals surface area contributed by atoms with Crippen LogP contribution in [0.3, 0.4) is 0 Å². The summed E-state index contributed by atoms with van der Waals surface area (Å²) in [6.07, 6.45) is 0.868. The van der Waals surface area contributed by atoms with Crippen LogP contribution >= 0.6 is 23.4 Å². The van der Waals surface area contributed by atoms with E-state index in [1.54, 1.807) is 17.8 Å². The fraction of sp³-hybridized carbons (Fsp3) is 0.333. The first-order valence-corrected chi connectivity index (χ1v) is 7.06. The van der Waals surface area contributed by atoms with Crippen LogP contribution in [0, 0.1) is 0 Å². The molecule has 2 aromatic rings. The molecule has 1 aromatic heterocycles. The summed E-state index contributed by atoms with van der Waals surface area (Å²) in [6.45, 7) is 2.64. The molecule has 18 heavy (non-hydrogen) atoms. The van der Waals surface area contributed by atoms with Gasteiger partial charge in [-0.25, -0.2) is 4.98 Å². The number of benzene rings is 1. The number of hydrogen-bond acceptors (Lipinski definition) is 4. The molecule has 0 atom stereocenters. The fourth-order valence-corrected chi connectivity index (χ4v) is 2.16. The van der Waals surface area contributed by atoms with Crippen molar-refractivity contribution in [2.75, 3.05) is 12.4 Å². The molecular formula is C12H14ClN3OS. The van der Waals surface area contributed by atoms with Crippen LogP contribution in [-0.2, 0) is 6.42 Å². The van der Waals surface area contributed by atoms with E-state index in [0.717, 1.165) is 28.9 Å². The SMILES string of the molecule is CCc1nc(SCCOc2cccc(Cl)c2)n[nH]1. The van der Waals surface area contributed by atoms with Gasteiger partial charge in [0.05, 0.1) is 6.61 Å². The van der Waals surface area contributed by atoms with Crippen molar-refractivity contribution >= 4 is 23.4 Å². The van der Waals surface area contributed by atoms with Crippen LogP contribution in [0.1, 0.15) is 12.7 Å². The first-order chi connectivity index (χ1) is 8.78. The molecule has 0 radical (unpaired) electrons. The van der Waals surface area contributed by atoms with Gasteiger partial charge in [-0.2, -0.15) is 0 Å². The fourth-order valence-electron chi connectivity index (χ4n) is 1.35. The number of aromatic nitrogens is 3. The third kappa shape index (κ3) is 3.92. The number of H-pyrrole nitrogens is 1. The smallest absolute Gasteiger partial charge is 0.208 e. The molecule has 0 aliphatic carbocycles. The summed E-state index contributed by atoms with van der Waals surface area (Å²) in [4.78, 5) is 4.31. The lowest BCUT2D eigenvalue weighted by molar-refractivity contribution is 0.344. The zero-order valence-electron chi connectivity index (χ0n) is 10.0. The molecule has 0 saturated heterocycles. The van der Waals surface area contributed by atoms with Gasteiger partial charge >= 0.3 is 0 Å². The molecule has 0 fully saturated rings. The van der Waals surface area contributed by atoms with E-state index in [2.05, 4.69) is 15.2 Å². The second-order valence-corrected chi connectivity index (χ2v) is 5.07. The Hall–Kier alpha value is -1.20. The summed E-state index contributed by atoms with van der Waals surface area (Å²) in [5.41, 5.74) is 0. The monoisotopic (exact) mass is 283 g/mol. The highest BCUT2D eigenvalue weighted by atomic mass is 35.5. The van der Waals surface area contributed by atoms with Gasteiger partial charge in [-0.3, -0.25) is 5.10 Å². The summed E-state index contributed by atoms with van der Waals surface area (Å²) < 4.78 is 5.57. The minimum Gasteiger partial charge on any atom is -0.493 e. The molecule has 0 amide bonds. The number of nitrogens with zero attached hydrogens (tertiary/aromatic N) is 2. The quantitative estimate of drug-likeness (QED) is 0.653. The van der Waals surface area contributed by atoms with E-state index < -0.39 is 0 Å². The second-order valence-electron chi connectivity index (χ2n) is 3.57. The minimum atomic E-state index is 0.598. The Morgan fingerprint density at radius 3 is 3.06 bits per heavy atom. The van der Waals surface area contributed by atoms with E-state index in [-0.39, 0.29) is 0 Å². The lowest BCUT2D eigenvalue weighted by atomic mass is 10.3. The number of rotatable bonds is 6. The maximum absolute atomic E-state index is 5.86. The molecule has 2 rings (SSSR count). The standard InChI is InChI=1S/C12H14ClN3OS/c1-2-11-14-12(16-15-11)18-7-6-17-10-5-3-4-9(13)8-10/h3-5,8H,2,6-7H2,1H3,(H,14,15,16). The Morgan fingerprint density at radius 1 is 1.44 bits per heavy atom. The van der Waals surface area contributed by atoms with Gasteiger partial charge in [-0.1, -0.05) is 36.4 Å². The van der Waals surface area contributed by atoms with Crippen LogP contribution in [-0.4, -0.2) is 27.5 Å². The zero-order valence-corrected chi connectivity index (χ0v) is 11.6. The third-order valence-electron chi connectivity index (χ3n) is 2.23. The van der Waals surface area contributed by atoms with Crippen LogP contribution in [0.2, 0.25) is 5.02 Å². The molecule has 96 valence electrons. The number of aryl methyl sites for hydroxylation is 1. The van der Waals surface area contributed by atoms with Crippen molar-refractivity contribution < 1.29 is 4.74 Å². The summed E-state index contributed by atoms with van der Waals surface area (Å²) in [7, 11) is 0. The van der Waals surface area contributed by atoms with Crippen molar-refractivity contribution in [1.82, 2.24) is 15.2 Å². The van der Waals surface area contributed by atoms with E-state index in [9.17, 15) is 0 Å². The Kier molecular flexibility index (Phi) is 4.90. The molecule has 6 heteroatoms. The first kappa shape index (κ1) is 13.2. The third-order valence-corrected chi connectivity index (χ3v) is 3.27. The summed E-state index contributed by atoms with van der Waals surface area (Å²) in [6, 6.07) is 7.38. The van der Waals surface area contributed by atoms with E-state index >= 15 is 0 Å². The molecule has 0 unspecified atom stereocenters. The van der Waals surface area contributed by atoms with Gasteiger partial charge in [0.2, 0.25) is 5.16 Å². The van der Waals surface area contributed by atoms with Gasteiger partial charge in [0.15, 0.2) is 0 Å². The Morgan fingerprint density at radius 2 is 2.33 bits per heavy atom. The molecule has 1 heterocycles. The average molecular weight is 284 g/mol. The number of hydrogen-bond donors (Lipinski definition) is 1. The Balaban J connectivity index is 1.72. The van der Waals surface area contributed by atoms with Crippen molar-refractivity contribution in [2.45, 2.75) is 18.5 Å². The van der Waals surface area contributed by atoms with Gasteiger partial charge in [0.1, 0.15) is 11.6 Å². The number of nitrogens with one attached hydrogen (secondary N) is 1. The van der Waals surface area contributed by atoms with E-state index in [0.29, 0.717) is 11.6 Å². The highest BCUT2D eigenvalue weighted by molar-refractivity contribution is 7.99. The van der Waals surface area contributed by atoms with E-state index in [1.165, 1.54) is 0 Å². The molecule has 0 saturated carbocycles. The molecular weight excluding hydrogens is 270 g/mol. The van der Waals surface area contributed by atoms with Crippen LogP contribution in [0.5, 0.6) is 5.75 Å². The van der Waals surface area contributed by atoms with Crippen LogP contribution < -0.4 is 4.74 Å². The van der Waals surface area contributed by atoms with Gasteiger partial charge in [0.25, 0.3) is 0 Å². The Labute approximate surface area is 115 Å². The predicted octanol–water partition coefficient (Wildman–Crippen LogP) is 3.19. The van der Waals surface area contributed by atoms with Gasteiger partial charge < -0.3 is 4.74 Å². The molecule has 0 bridgehead atoms. The highest BCUT2D eigenvalue weighted by Gasteiger charge is 2.02. The molecule has 0 aliphatic heterocycles. The van der Waals surface area contributed by atoms with Crippen molar-refractivity contribution in [3.8, 4) is 5.75 Å². The van der Waals surface area contributed by atoms with Crippen LogP contribution in [0.15, 0.2) is 29.4 Å². The second kappa shape index (κ2) is 6.66. The maximum atomic E-state index is 5.86. The number of halogens is 1. The lowest BCUT2D eigenvalue weighted by Crippen LogP contribution is -2.00. The normalized spacial score (nSPS) is 10.6. The molecule has 4 nitrogen and oxygen atoms in total. The van der Waals surface area contributed by atoms with E-state index in [4.69, 9.17) is 16.3 Å². The van der Waals surface area contributed by atoms with Crippen molar-refractivity contribution in [2.24, 2.45) is 0 Å². The summed E-state index contributed by atoms with van der Waals surface area (Å²) in [5.74, 6) is 2.49. The number of ether oxygens (including phenoxy) is 1. The molecule has 0 aliphatic rings. The largest absolute Gasteiger partial charge is 0.493 e. The minimum absolute atomic E-state index is 0.598. The topological polar surface area (TPSA) is 50.8 Å². The van der Waals surface area contributed by atoms with Crippen LogP contribution in [0.25, 0.3) is 0 Å². The van der Waals surface area contributed by atoms with Crippen molar-refractivity contribution in [3.05, 3.63) is 35.1 Å². The molecule has 0 spiro atoms.